The molecule has 2 aromatic heterocycles. The first-order valence-corrected chi connectivity index (χ1v) is 9.32. The first-order chi connectivity index (χ1) is 12.8. The minimum absolute atomic E-state index is 0.0491. The van der Waals surface area contributed by atoms with E-state index in [9.17, 15) is 14.4 Å². The molecule has 0 unspecified atom stereocenters. The molecule has 10 heteroatoms. The topological polar surface area (TPSA) is 114 Å². The van der Waals surface area contributed by atoms with Gasteiger partial charge in [0.25, 0.3) is 11.5 Å². The number of hydrogen-bond donors (Lipinski definition) is 2. The van der Waals surface area contributed by atoms with Crippen LogP contribution in [-0.4, -0.2) is 27.0 Å². The number of hydrogen-bond acceptors (Lipinski definition) is 5. The highest BCUT2D eigenvalue weighted by Gasteiger charge is 2.25. The van der Waals surface area contributed by atoms with E-state index in [-0.39, 0.29) is 33.8 Å². The zero-order chi connectivity index (χ0) is 20.1. The van der Waals surface area contributed by atoms with E-state index in [4.69, 9.17) is 28.9 Å². The maximum atomic E-state index is 13.0. The summed E-state index contributed by atoms with van der Waals surface area (Å²) >= 11 is 11.7. The SMILES string of the molecule is CCCCn1c(N)c(N(CCC)C(=O)c2cnc(Cl)c(Cl)c2)c(=O)[nH]c1=O. The van der Waals surface area contributed by atoms with Gasteiger partial charge >= 0.3 is 5.69 Å². The molecule has 0 aliphatic carbocycles. The largest absolute Gasteiger partial charge is 0.383 e. The van der Waals surface area contributed by atoms with Crippen LogP contribution in [0.15, 0.2) is 21.9 Å². The molecular weight excluding hydrogens is 393 g/mol. The molecule has 0 saturated carbocycles. The van der Waals surface area contributed by atoms with Crippen molar-refractivity contribution in [1.29, 1.82) is 0 Å². The van der Waals surface area contributed by atoms with Gasteiger partial charge in [-0.1, -0.05) is 43.5 Å². The standard InChI is InChI=1S/C17H21Cl2N5O3/c1-3-5-7-24-14(20)12(15(25)22-17(24)27)23(6-4-2)16(26)10-8-11(18)13(19)21-9-10/h8-9H,3-7,20H2,1-2H3,(H,22,25,27). The fourth-order valence-corrected chi connectivity index (χ4v) is 2.88. The van der Waals surface area contributed by atoms with Crippen LogP contribution in [0.3, 0.4) is 0 Å². The number of nitrogens with zero attached hydrogens (tertiary/aromatic N) is 3. The number of aromatic amines is 1. The molecule has 0 atom stereocenters. The summed E-state index contributed by atoms with van der Waals surface area (Å²) in [6, 6.07) is 1.37. The van der Waals surface area contributed by atoms with Crippen molar-refractivity contribution < 1.29 is 4.79 Å². The molecule has 2 heterocycles. The van der Waals surface area contributed by atoms with Crippen LogP contribution in [0.5, 0.6) is 0 Å². The number of rotatable bonds is 7. The van der Waals surface area contributed by atoms with E-state index >= 15 is 0 Å². The van der Waals surface area contributed by atoms with Gasteiger partial charge in [0.1, 0.15) is 11.0 Å². The number of amides is 1. The quantitative estimate of drug-likeness (QED) is 0.677. The lowest BCUT2D eigenvalue weighted by Gasteiger charge is -2.24. The lowest BCUT2D eigenvalue weighted by Crippen LogP contribution is -2.41. The number of pyridine rings is 1. The highest BCUT2D eigenvalue weighted by atomic mass is 35.5. The Balaban J connectivity index is 2.58. The van der Waals surface area contributed by atoms with Crippen LogP contribution in [0.25, 0.3) is 0 Å². The van der Waals surface area contributed by atoms with Gasteiger partial charge in [-0.25, -0.2) is 9.78 Å². The van der Waals surface area contributed by atoms with E-state index in [0.29, 0.717) is 19.4 Å². The van der Waals surface area contributed by atoms with Gasteiger partial charge in [0, 0.05) is 19.3 Å². The molecule has 27 heavy (non-hydrogen) atoms. The average Bonchev–Trinajstić information content (AvgIpc) is 2.62. The minimum atomic E-state index is -0.722. The lowest BCUT2D eigenvalue weighted by atomic mass is 10.2. The summed E-state index contributed by atoms with van der Waals surface area (Å²) in [6.07, 6.45) is 3.38. The number of nitrogen functional groups attached to an aromatic ring is 1. The summed E-state index contributed by atoms with van der Waals surface area (Å²) in [5.74, 6) is -0.562. The first-order valence-electron chi connectivity index (χ1n) is 8.57. The van der Waals surface area contributed by atoms with Crippen molar-refractivity contribution in [1.82, 2.24) is 14.5 Å². The van der Waals surface area contributed by atoms with E-state index in [1.54, 1.807) is 0 Å². The minimum Gasteiger partial charge on any atom is -0.383 e. The second-order valence-corrected chi connectivity index (χ2v) is 6.72. The molecule has 1 amide bonds. The molecule has 2 aromatic rings. The highest BCUT2D eigenvalue weighted by molar-refractivity contribution is 6.41. The van der Waals surface area contributed by atoms with Crippen LogP contribution in [0.2, 0.25) is 10.2 Å². The summed E-state index contributed by atoms with van der Waals surface area (Å²) in [6.45, 7) is 4.38. The molecule has 3 N–H and O–H groups in total. The highest BCUT2D eigenvalue weighted by Crippen LogP contribution is 2.23. The van der Waals surface area contributed by atoms with E-state index in [1.165, 1.54) is 21.7 Å². The van der Waals surface area contributed by atoms with Crippen LogP contribution < -0.4 is 21.9 Å². The number of unbranched alkanes of at least 4 members (excludes halogenated alkanes) is 1. The van der Waals surface area contributed by atoms with Gasteiger partial charge in [0.05, 0.1) is 10.6 Å². The van der Waals surface area contributed by atoms with Crippen molar-refractivity contribution >= 4 is 40.6 Å². The molecule has 0 spiro atoms. The zero-order valence-corrected chi connectivity index (χ0v) is 16.6. The number of carbonyl (C=O) groups excluding carboxylic acids is 1. The Morgan fingerprint density at radius 2 is 2.00 bits per heavy atom. The van der Waals surface area contributed by atoms with Gasteiger partial charge in [0.2, 0.25) is 0 Å². The van der Waals surface area contributed by atoms with E-state index in [1.807, 2.05) is 13.8 Å². The van der Waals surface area contributed by atoms with Crippen molar-refractivity contribution in [2.45, 2.75) is 39.7 Å². The van der Waals surface area contributed by atoms with Gasteiger partial charge in [0.15, 0.2) is 5.69 Å². The van der Waals surface area contributed by atoms with Gasteiger partial charge in [-0.3, -0.25) is 19.1 Å². The predicted molar refractivity (Wildman–Crippen MR) is 107 cm³/mol. The molecule has 0 aliphatic heterocycles. The summed E-state index contributed by atoms with van der Waals surface area (Å²) < 4.78 is 1.27. The van der Waals surface area contributed by atoms with E-state index in [2.05, 4.69) is 9.97 Å². The third kappa shape index (κ3) is 4.51. The molecule has 0 bridgehead atoms. The summed E-state index contributed by atoms with van der Waals surface area (Å²) in [5.41, 5.74) is 4.88. The van der Waals surface area contributed by atoms with Gasteiger partial charge in [-0.15, -0.1) is 0 Å². The summed E-state index contributed by atoms with van der Waals surface area (Å²) in [7, 11) is 0. The number of nitrogens with one attached hydrogen (secondary N) is 1. The third-order valence-corrected chi connectivity index (χ3v) is 4.64. The van der Waals surface area contributed by atoms with Crippen molar-refractivity contribution in [3.05, 3.63) is 48.8 Å². The molecule has 0 fully saturated rings. The fraction of sp³-hybridized carbons (Fsp3) is 0.412. The Bertz CT molecular complexity index is 955. The number of halogens is 2. The van der Waals surface area contributed by atoms with Gasteiger partial charge in [-0.05, 0) is 18.9 Å². The Kier molecular flexibility index (Phi) is 7.04. The summed E-state index contributed by atoms with van der Waals surface area (Å²) in [4.78, 5) is 44.9. The smallest absolute Gasteiger partial charge is 0.330 e. The summed E-state index contributed by atoms with van der Waals surface area (Å²) in [5, 5.41) is 0.189. The Morgan fingerprint density at radius 3 is 2.59 bits per heavy atom. The van der Waals surface area contributed by atoms with Gasteiger partial charge in [-0.2, -0.15) is 0 Å². The number of anilines is 2. The van der Waals surface area contributed by atoms with Crippen LogP contribution in [0.1, 0.15) is 43.5 Å². The van der Waals surface area contributed by atoms with E-state index in [0.717, 1.165) is 6.42 Å². The van der Waals surface area contributed by atoms with Crippen LogP contribution >= 0.6 is 23.2 Å². The molecule has 0 aliphatic rings. The maximum Gasteiger partial charge on any atom is 0.330 e. The molecule has 146 valence electrons. The second-order valence-electron chi connectivity index (χ2n) is 5.95. The van der Waals surface area contributed by atoms with Crippen molar-refractivity contribution in [3.8, 4) is 0 Å². The van der Waals surface area contributed by atoms with Crippen LogP contribution in [0.4, 0.5) is 11.5 Å². The van der Waals surface area contributed by atoms with Crippen LogP contribution in [-0.2, 0) is 6.54 Å². The Labute approximate surface area is 165 Å². The number of carbonyl (C=O) groups is 1. The fourth-order valence-electron chi connectivity index (χ4n) is 2.61. The normalized spacial score (nSPS) is 10.8. The van der Waals surface area contributed by atoms with Crippen molar-refractivity contribution in [2.24, 2.45) is 0 Å². The molecule has 8 nitrogen and oxygen atoms in total. The molecule has 2 rings (SSSR count). The maximum absolute atomic E-state index is 13.0. The van der Waals surface area contributed by atoms with Crippen molar-refractivity contribution in [3.63, 3.8) is 0 Å². The number of aromatic nitrogens is 3. The molecule has 0 saturated heterocycles. The Hall–Kier alpha value is -2.32. The number of nitrogens with two attached hydrogens (primary N) is 1. The molecule has 0 radical (unpaired) electrons. The second kappa shape index (κ2) is 9.05. The van der Waals surface area contributed by atoms with E-state index < -0.39 is 17.2 Å². The third-order valence-electron chi connectivity index (χ3n) is 3.95. The predicted octanol–water partition coefficient (Wildman–Crippen LogP) is 2.68. The number of H-pyrrole nitrogens is 1. The monoisotopic (exact) mass is 413 g/mol. The van der Waals surface area contributed by atoms with Crippen molar-refractivity contribution in [2.75, 3.05) is 17.2 Å². The van der Waals surface area contributed by atoms with Crippen LogP contribution in [0, 0.1) is 0 Å². The van der Waals surface area contributed by atoms with Gasteiger partial charge < -0.3 is 10.6 Å². The molecular formula is C17H21Cl2N5O3. The average molecular weight is 414 g/mol. The first kappa shape index (κ1) is 21.0. The zero-order valence-electron chi connectivity index (χ0n) is 15.1. The Morgan fingerprint density at radius 1 is 1.30 bits per heavy atom. The molecule has 0 aromatic carbocycles. The lowest BCUT2D eigenvalue weighted by molar-refractivity contribution is 0.0986.